The van der Waals surface area contributed by atoms with E-state index < -0.39 is 0 Å². The second-order valence-electron chi connectivity index (χ2n) is 5.35. The molecule has 120 valence electrons. The molecule has 0 aliphatic rings. The van der Waals surface area contributed by atoms with Crippen molar-refractivity contribution in [1.29, 1.82) is 0 Å². The van der Waals surface area contributed by atoms with Gasteiger partial charge < -0.3 is 14.8 Å². The number of rotatable bonds is 10. The first-order chi connectivity index (χ1) is 10.2. The Morgan fingerprint density at radius 3 is 2.38 bits per heavy atom. The smallest absolute Gasteiger partial charge is 0.161 e. The van der Waals surface area contributed by atoms with Crippen molar-refractivity contribution in [2.45, 2.75) is 46.1 Å². The molecule has 0 aliphatic carbocycles. The summed E-state index contributed by atoms with van der Waals surface area (Å²) >= 11 is 3.60. The fraction of sp³-hybridized carbons (Fsp3) is 0.647. The van der Waals surface area contributed by atoms with Crippen LogP contribution in [-0.4, -0.2) is 20.8 Å². The first-order valence-electron chi connectivity index (χ1n) is 7.77. The van der Waals surface area contributed by atoms with Gasteiger partial charge in [0.1, 0.15) is 0 Å². The van der Waals surface area contributed by atoms with Crippen molar-refractivity contribution in [3.63, 3.8) is 0 Å². The Hall–Kier alpha value is -0.740. The Bertz CT molecular complexity index is 423. The molecule has 0 saturated carbocycles. The first kappa shape index (κ1) is 18.3. The maximum atomic E-state index is 5.36. The van der Waals surface area contributed by atoms with E-state index in [9.17, 15) is 0 Å². The number of unbranched alkanes of at least 4 members (excludes halogenated alkanes) is 1. The zero-order chi connectivity index (χ0) is 15.7. The van der Waals surface area contributed by atoms with Gasteiger partial charge >= 0.3 is 0 Å². The number of hydrogen-bond donors (Lipinski definition) is 1. The lowest BCUT2D eigenvalue weighted by Crippen LogP contribution is -2.22. The largest absolute Gasteiger partial charge is 0.493 e. The van der Waals surface area contributed by atoms with Crippen molar-refractivity contribution in [1.82, 2.24) is 5.32 Å². The van der Waals surface area contributed by atoms with Crippen LogP contribution < -0.4 is 14.8 Å². The molecular formula is C17H28BrNO2. The number of halogens is 1. The molecular weight excluding hydrogens is 330 g/mol. The predicted octanol–water partition coefficient (Wildman–Crippen LogP) is 4.77. The maximum absolute atomic E-state index is 5.36. The fourth-order valence-electron chi connectivity index (χ4n) is 2.39. The average molecular weight is 358 g/mol. The third-order valence-corrected chi connectivity index (χ3v) is 4.58. The van der Waals surface area contributed by atoms with Crippen molar-refractivity contribution in [3.8, 4) is 11.5 Å². The van der Waals surface area contributed by atoms with Crippen LogP contribution in [0.4, 0.5) is 0 Å². The van der Waals surface area contributed by atoms with E-state index in [-0.39, 0.29) is 0 Å². The summed E-state index contributed by atoms with van der Waals surface area (Å²) in [6, 6.07) is 3.99. The van der Waals surface area contributed by atoms with Gasteiger partial charge in [-0.15, -0.1) is 0 Å². The molecule has 1 aromatic rings. The SMILES string of the molecule is CCCCC(CC)CNCc1cc(OC)c(OC)cc1Br. The molecule has 0 radical (unpaired) electrons. The summed E-state index contributed by atoms with van der Waals surface area (Å²) < 4.78 is 11.7. The van der Waals surface area contributed by atoms with E-state index in [1.54, 1.807) is 14.2 Å². The van der Waals surface area contributed by atoms with Crippen LogP contribution in [0.1, 0.15) is 45.1 Å². The molecule has 0 aliphatic heterocycles. The van der Waals surface area contributed by atoms with Crippen LogP contribution in [0, 0.1) is 5.92 Å². The van der Waals surface area contributed by atoms with E-state index in [1.165, 1.54) is 31.2 Å². The first-order valence-corrected chi connectivity index (χ1v) is 8.56. The zero-order valence-corrected chi connectivity index (χ0v) is 15.3. The quantitative estimate of drug-likeness (QED) is 0.653. The minimum atomic E-state index is 0.752. The third-order valence-electron chi connectivity index (χ3n) is 3.84. The van der Waals surface area contributed by atoms with Crippen molar-refractivity contribution >= 4 is 15.9 Å². The van der Waals surface area contributed by atoms with Crippen LogP contribution in [0.3, 0.4) is 0 Å². The van der Waals surface area contributed by atoms with Crippen molar-refractivity contribution in [2.24, 2.45) is 5.92 Å². The van der Waals surface area contributed by atoms with E-state index in [2.05, 4.69) is 35.1 Å². The van der Waals surface area contributed by atoms with Crippen molar-refractivity contribution in [3.05, 3.63) is 22.2 Å². The highest BCUT2D eigenvalue weighted by molar-refractivity contribution is 9.10. The molecule has 1 aromatic carbocycles. The summed E-state index contributed by atoms with van der Waals surface area (Å²) in [7, 11) is 3.32. The highest BCUT2D eigenvalue weighted by atomic mass is 79.9. The van der Waals surface area contributed by atoms with Crippen LogP contribution in [-0.2, 0) is 6.54 Å². The summed E-state index contributed by atoms with van der Waals surface area (Å²) in [5.41, 5.74) is 1.19. The highest BCUT2D eigenvalue weighted by Gasteiger charge is 2.10. The van der Waals surface area contributed by atoms with Gasteiger partial charge in [-0.3, -0.25) is 0 Å². The van der Waals surface area contributed by atoms with Crippen LogP contribution in [0.15, 0.2) is 16.6 Å². The van der Waals surface area contributed by atoms with Crippen LogP contribution >= 0.6 is 15.9 Å². The van der Waals surface area contributed by atoms with Gasteiger partial charge in [-0.1, -0.05) is 49.0 Å². The molecule has 0 aromatic heterocycles. The molecule has 0 saturated heterocycles. The van der Waals surface area contributed by atoms with Gasteiger partial charge in [0, 0.05) is 11.0 Å². The van der Waals surface area contributed by atoms with Gasteiger partial charge in [-0.2, -0.15) is 0 Å². The van der Waals surface area contributed by atoms with Gasteiger partial charge in [0.2, 0.25) is 0 Å². The zero-order valence-electron chi connectivity index (χ0n) is 13.7. The Morgan fingerprint density at radius 1 is 1.14 bits per heavy atom. The molecule has 1 rings (SSSR count). The van der Waals surface area contributed by atoms with Gasteiger partial charge in [0.25, 0.3) is 0 Å². The summed E-state index contributed by atoms with van der Waals surface area (Å²) in [5.74, 6) is 2.29. The monoisotopic (exact) mass is 357 g/mol. The van der Waals surface area contributed by atoms with Gasteiger partial charge in [0.15, 0.2) is 11.5 Å². The fourth-order valence-corrected chi connectivity index (χ4v) is 2.85. The Balaban J connectivity index is 2.58. The average Bonchev–Trinajstić information content (AvgIpc) is 2.51. The van der Waals surface area contributed by atoms with E-state index in [4.69, 9.17) is 9.47 Å². The molecule has 0 fully saturated rings. The number of ether oxygens (including phenoxy) is 2. The van der Waals surface area contributed by atoms with Crippen LogP contribution in [0.5, 0.6) is 11.5 Å². The topological polar surface area (TPSA) is 30.5 Å². The normalized spacial score (nSPS) is 12.2. The molecule has 1 atom stereocenters. The van der Waals surface area contributed by atoms with E-state index in [0.29, 0.717) is 0 Å². The van der Waals surface area contributed by atoms with Gasteiger partial charge in [-0.25, -0.2) is 0 Å². The van der Waals surface area contributed by atoms with Crippen LogP contribution in [0.25, 0.3) is 0 Å². The minimum absolute atomic E-state index is 0.752. The molecule has 3 nitrogen and oxygen atoms in total. The van der Waals surface area contributed by atoms with E-state index >= 15 is 0 Å². The summed E-state index contributed by atoms with van der Waals surface area (Å²) in [6.45, 7) is 6.43. The summed E-state index contributed by atoms with van der Waals surface area (Å²) in [4.78, 5) is 0. The minimum Gasteiger partial charge on any atom is -0.493 e. The Morgan fingerprint density at radius 2 is 1.81 bits per heavy atom. The molecule has 1 unspecified atom stereocenters. The summed E-state index contributed by atoms with van der Waals surface area (Å²) in [5, 5.41) is 3.56. The third kappa shape index (κ3) is 5.87. The molecule has 0 spiro atoms. The number of hydrogen-bond acceptors (Lipinski definition) is 3. The number of methoxy groups -OCH3 is 2. The van der Waals surface area contributed by atoms with Gasteiger partial charge in [-0.05, 0) is 36.6 Å². The second kappa shape index (κ2) is 10.1. The lowest BCUT2D eigenvalue weighted by Gasteiger charge is -2.16. The lowest BCUT2D eigenvalue weighted by molar-refractivity contribution is 0.354. The van der Waals surface area contributed by atoms with E-state index in [0.717, 1.165) is 35.0 Å². The van der Waals surface area contributed by atoms with Crippen molar-refractivity contribution < 1.29 is 9.47 Å². The van der Waals surface area contributed by atoms with Crippen LogP contribution in [0.2, 0.25) is 0 Å². The van der Waals surface area contributed by atoms with E-state index in [1.807, 2.05) is 12.1 Å². The molecule has 21 heavy (non-hydrogen) atoms. The summed E-state index contributed by atoms with van der Waals surface area (Å²) in [6.07, 6.45) is 5.14. The molecule has 1 N–H and O–H groups in total. The standard InChI is InChI=1S/C17H28BrNO2/c1-5-7-8-13(6-2)11-19-12-14-9-16(20-3)17(21-4)10-15(14)18/h9-10,13,19H,5-8,11-12H2,1-4H3. The maximum Gasteiger partial charge on any atom is 0.161 e. The van der Waals surface area contributed by atoms with Gasteiger partial charge in [0.05, 0.1) is 14.2 Å². The predicted molar refractivity (Wildman–Crippen MR) is 92.3 cm³/mol. The molecule has 0 heterocycles. The molecule has 4 heteroatoms. The second-order valence-corrected chi connectivity index (χ2v) is 6.20. The lowest BCUT2D eigenvalue weighted by atomic mass is 9.99. The number of nitrogens with one attached hydrogen (secondary N) is 1. The Labute approximate surface area is 137 Å². The number of benzene rings is 1. The highest BCUT2D eigenvalue weighted by Crippen LogP contribution is 2.33. The van der Waals surface area contributed by atoms with Crippen molar-refractivity contribution in [2.75, 3.05) is 20.8 Å². The Kier molecular flexibility index (Phi) is 8.77. The molecule has 0 bridgehead atoms. The molecule has 0 amide bonds.